The molecule has 31 heavy (non-hydrogen) atoms. The van der Waals surface area contributed by atoms with Crippen LogP contribution in [0, 0.1) is 23.2 Å². The van der Waals surface area contributed by atoms with Crippen LogP contribution in [0.2, 0.25) is 0 Å². The maximum Gasteiger partial charge on any atom is 0.143 e. The van der Waals surface area contributed by atoms with Crippen LogP contribution in [0.15, 0.2) is 18.3 Å². The molecule has 1 aliphatic heterocycles. The Labute approximate surface area is 182 Å². The molecule has 0 radical (unpaired) electrons. The van der Waals surface area contributed by atoms with E-state index in [1.807, 2.05) is 6.07 Å². The predicted molar refractivity (Wildman–Crippen MR) is 121 cm³/mol. The number of morpholine rings is 1. The van der Waals surface area contributed by atoms with E-state index in [1.54, 1.807) is 12.3 Å². The van der Waals surface area contributed by atoms with Crippen LogP contribution in [-0.4, -0.2) is 52.3 Å². The molecular weight excluding hydrogens is 392 g/mol. The lowest BCUT2D eigenvalue weighted by molar-refractivity contribution is -0.0228. The maximum absolute atomic E-state index is 11.7. The van der Waals surface area contributed by atoms with Crippen LogP contribution < -0.4 is 10.2 Å². The topological polar surface area (TPSA) is 110 Å². The summed E-state index contributed by atoms with van der Waals surface area (Å²) in [5.41, 5.74) is 0.0159. The third-order valence-corrected chi connectivity index (χ3v) is 6.64. The third-order valence-electron chi connectivity index (χ3n) is 6.64. The fraction of sp³-hybridized carbons (Fsp3) is 0.522. The molecule has 1 saturated heterocycles. The number of rotatable bonds is 5. The van der Waals surface area contributed by atoms with Gasteiger partial charge >= 0.3 is 0 Å². The SMILES string of the molecule is C#CC1(C)CCC(O)(c2cc(N3CCOC[C@H]3C)nc(Nc3ccn[nH]3)c2C=N)CC1. The zero-order valence-corrected chi connectivity index (χ0v) is 18.1. The minimum Gasteiger partial charge on any atom is -0.385 e. The van der Waals surface area contributed by atoms with E-state index in [9.17, 15) is 5.11 Å². The molecule has 8 nitrogen and oxygen atoms in total. The summed E-state index contributed by atoms with van der Waals surface area (Å²) in [4.78, 5) is 7.03. The largest absolute Gasteiger partial charge is 0.385 e. The van der Waals surface area contributed by atoms with Crippen molar-refractivity contribution < 1.29 is 9.84 Å². The Bertz CT molecular complexity index is 973. The van der Waals surface area contributed by atoms with Gasteiger partial charge in [0.15, 0.2) is 0 Å². The summed E-state index contributed by atoms with van der Waals surface area (Å²) in [6, 6.07) is 3.90. The van der Waals surface area contributed by atoms with E-state index in [-0.39, 0.29) is 11.5 Å². The smallest absolute Gasteiger partial charge is 0.143 e. The van der Waals surface area contributed by atoms with Crippen molar-refractivity contribution in [2.45, 2.75) is 51.2 Å². The molecule has 1 atom stereocenters. The van der Waals surface area contributed by atoms with Crippen LogP contribution in [0.5, 0.6) is 0 Å². The maximum atomic E-state index is 11.7. The molecule has 2 aromatic heterocycles. The van der Waals surface area contributed by atoms with Gasteiger partial charge in [-0.05, 0) is 51.2 Å². The Morgan fingerprint density at radius 2 is 2.19 bits per heavy atom. The standard InChI is InChI=1S/C23H30N6O2/c1-4-22(3)6-8-23(30,9-7-22)18-13-20(29-11-12-31-15-16(29)2)27-21(17(18)14-24)26-19-5-10-25-28-19/h1,5,10,13-14,16,24,30H,6-9,11-12,15H2,2-3H3,(H2,25,26,27,28)/t16-,22?,23?/m1/s1. The van der Waals surface area contributed by atoms with Gasteiger partial charge in [-0.25, -0.2) is 4.98 Å². The number of aromatic nitrogens is 3. The molecule has 0 bridgehead atoms. The van der Waals surface area contributed by atoms with Crippen LogP contribution in [-0.2, 0) is 10.3 Å². The summed E-state index contributed by atoms with van der Waals surface area (Å²) in [7, 11) is 0. The molecule has 0 unspecified atom stereocenters. The van der Waals surface area contributed by atoms with Crippen molar-refractivity contribution in [1.29, 1.82) is 5.41 Å². The van der Waals surface area contributed by atoms with Crippen molar-refractivity contribution in [1.82, 2.24) is 15.2 Å². The quantitative estimate of drug-likeness (QED) is 0.435. The first kappa shape index (κ1) is 21.3. The number of aromatic amines is 1. The molecule has 164 valence electrons. The van der Waals surface area contributed by atoms with Crippen molar-refractivity contribution >= 4 is 23.7 Å². The zero-order valence-electron chi connectivity index (χ0n) is 18.1. The van der Waals surface area contributed by atoms with Gasteiger partial charge in [0, 0.05) is 29.8 Å². The van der Waals surface area contributed by atoms with E-state index in [0.717, 1.165) is 18.7 Å². The lowest BCUT2D eigenvalue weighted by Crippen LogP contribution is -2.44. The normalized spacial score (nSPS) is 28.7. The number of terminal acetylenes is 1. The summed E-state index contributed by atoms with van der Waals surface area (Å²) < 4.78 is 5.59. The number of hydrogen-bond donors (Lipinski definition) is 4. The molecule has 0 aromatic carbocycles. The number of pyridine rings is 1. The van der Waals surface area contributed by atoms with E-state index in [0.29, 0.717) is 55.4 Å². The van der Waals surface area contributed by atoms with E-state index >= 15 is 0 Å². The van der Waals surface area contributed by atoms with Crippen LogP contribution >= 0.6 is 0 Å². The van der Waals surface area contributed by atoms with Gasteiger partial charge in [0.1, 0.15) is 17.5 Å². The minimum absolute atomic E-state index is 0.158. The lowest BCUT2D eigenvalue weighted by atomic mass is 9.67. The molecule has 3 heterocycles. The molecule has 2 aliphatic rings. The van der Waals surface area contributed by atoms with E-state index in [4.69, 9.17) is 21.6 Å². The molecule has 2 aromatic rings. The summed E-state index contributed by atoms with van der Waals surface area (Å²) in [6.07, 6.45) is 11.2. The molecule has 8 heteroatoms. The third kappa shape index (κ3) is 4.16. The molecule has 4 N–H and O–H groups in total. The van der Waals surface area contributed by atoms with Crippen molar-refractivity contribution in [3.63, 3.8) is 0 Å². The van der Waals surface area contributed by atoms with Crippen LogP contribution in [0.1, 0.15) is 50.7 Å². The van der Waals surface area contributed by atoms with Gasteiger partial charge in [0.25, 0.3) is 0 Å². The van der Waals surface area contributed by atoms with Crippen LogP contribution in [0.3, 0.4) is 0 Å². The molecule has 0 spiro atoms. The predicted octanol–water partition coefficient (Wildman–Crippen LogP) is 3.17. The first-order valence-electron chi connectivity index (χ1n) is 10.7. The second-order valence-electron chi connectivity index (χ2n) is 8.88. The summed E-state index contributed by atoms with van der Waals surface area (Å²) in [6.45, 7) is 6.14. The molecule has 1 saturated carbocycles. The van der Waals surface area contributed by atoms with Crippen molar-refractivity contribution in [3.05, 3.63) is 29.5 Å². The van der Waals surface area contributed by atoms with Gasteiger partial charge in [-0.3, -0.25) is 5.10 Å². The molecule has 1 aliphatic carbocycles. The molecule has 2 fully saturated rings. The fourth-order valence-electron chi connectivity index (χ4n) is 4.46. The molecule has 0 amide bonds. The Hall–Kier alpha value is -2.89. The highest BCUT2D eigenvalue weighted by Crippen LogP contribution is 2.47. The van der Waals surface area contributed by atoms with Gasteiger partial charge in [-0.15, -0.1) is 12.3 Å². The number of aliphatic hydroxyl groups is 1. The van der Waals surface area contributed by atoms with E-state index in [2.05, 4.69) is 40.2 Å². The molecular formula is C23H30N6O2. The average molecular weight is 423 g/mol. The highest BCUT2D eigenvalue weighted by atomic mass is 16.5. The summed E-state index contributed by atoms with van der Waals surface area (Å²) in [5, 5.41) is 30.0. The monoisotopic (exact) mass is 422 g/mol. The average Bonchev–Trinajstić information content (AvgIpc) is 3.29. The van der Waals surface area contributed by atoms with Crippen molar-refractivity contribution in [3.8, 4) is 12.3 Å². The van der Waals surface area contributed by atoms with E-state index < -0.39 is 5.60 Å². The first-order chi connectivity index (χ1) is 14.9. The van der Waals surface area contributed by atoms with Gasteiger partial charge < -0.3 is 25.5 Å². The van der Waals surface area contributed by atoms with Crippen LogP contribution in [0.4, 0.5) is 17.5 Å². The number of H-pyrrole nitrogens is 1. The van der Waals surface area contributed by atoms with Crippen molar-refractivity contribution in [2.24, 2.45) is 5.41 Å². The van der Waals surface area contributed by atoms with Gasteiger partial charge in [-0.2, -0.15) is 5.10 Å². The minimum atomic E-state index is -1.07. The highest BCUT2D eigenvalue weighted by molar-refractivity contribution is 5.89. The van der Waals surface area contributed by atoms with Gasteiger partial charge in [-0.1, -0.05) is 0 Å². The van der Waals surface area contributed by atoms with Crippen LogP contribution in [0.25, 0.3) is 0 Å². The second-order valence-corrected chi connectivity index (χ2v) is 8.88. The zero-order chi connectivity index (χ0) is 22.1. The Balaban J connectivity index is 1.79. The number of nitrogens with zero attached hydrogens (tertiary/aromatic N) is 3. The van der Waals surface area contributed by atoms with Gasteiger partial charge in [0.05, 0.1) is 31.1 Å². The number of nitrogens with one attached hydrogen (secondary N) is 3. The van der Waals surface area contributed by atoms with E-state index in [1.165, 1.54) is 6.21 Å². The Kier molecular flexibility index (Phi) is 5.73. The number of ether oxygens (including phenoxy) is 1. The summed E-state index contributed by atoms with van der Waals surface area (Å²) >= 11 is 0. The second kappa shape index (κ2) is 8.33. The van der Waals surface area contributed by atoms with Crippen molar-refractivity contribution in [2.75, 3.05) is 30.0 Å². The Morgan fingerprint density at radius 3 is 2.81 bits per heavy atom. The summed E-state index contributed by atoms with van der Waals surface area (Å²) in [5.74, 6) is 4.84. The first-order valence-corrected chi connectivity index (χ1v) is 10.7. The number of anilines is 3. The lowest BCUT2D eigenvalue weighted by Gasteiger charge is -2.41. The fourth-order valence-corrected chi connectivity index (χ4v) is 4.46. The highest BCUT2D eigenvalue weighted by Gasteiger charge is 2.41. The molecule has 4 rings (SSSR count). The number of hydrogen-bond acceptors (Lipinski definition) is 7. The van der Waals surface area contributed by atoms with Gasteiger partial charge in [0.2, 0.25) is 0 Å². The Morgan fingerprint density at radius 1 is 1.42 bits per heavy atom.